The molecule has 0 bridgehead atoms. The molecule has 4 heteroatoms. The van der Waals surface area contributed by atoms with Crippen LogP contribution in [-0.4, -0.2) is 19.4 Å². The van der Waals surface area contributed by atoms with Gasteiger partial charge in [0.15, 0.2) is 0 Å². The van der Waals surface area contributed by atoms with Gasteiger partial charge in [-0.1, -0.05) is 36.4 Å². The highest BCUT2D eigenvalue weighted by molar-refractivity contribution is 5.35. The Bertz CT molecular complexity index is 967. The summed E-state index contributed by atoms with van der Waals surface area (Å²) in [6.07, 6.45) is 7.66. The van der Waals surface area contributed by atoms with Crippen LogP contribution in [0.5, 0.6) is 0 Å². The summed E-state index contributed by atoms with van der Waals surface area (Å²) in [6, 6.07) is 23.1. The van der Waals surface area contributed by atoms with Crippen molar-refractivity contribution in [3.63, 3.8) is 0 Å². The molecule has 0 spiro atoms. The van der Waals surface area contributed by atoms with E-state index >= 15 is 0 Å². The number of aromatic nitrogens is 3. The van der Waals surface area contributed by atoms with E-state index in [1.807, 2.05) is 24.7 Å². The Labute approximate surface area is 166 Å². The summed E-state index contributed by atoms with van der Waals surface area (Å²) < 4.78 is 2.19. The van der Waals surface area contributed by atoms with Crippen molar-refractivity contribution in [3.8, 4) is 5.82 Å². The minimum atomic E-state index is 0.834. The first-order valence-electron chi connectivity index (χ1n) is 9.53. The first kappa shape index (κ1) is 18.1. The van der Waals surface area contributed by atoms with Crippen molar-refractivity contribution in [2.24, 2.45) is 0 Å². The van der Waals surface area contributed by atoms with Gasteiger partial charge in [0.25, 0.3) is 0 Å². The van der Waals surface area contributed by atoms with Crippen LogP contribution in [0, 0.1) is 6.92 Å². The summed E-state index contributed by atoms with van der Waals surface area (Å²) in [6.45, 7) is 4.68. The zero-order chi connectivity index (χ0) is 19.2. The summed E-state index contributed by atoms with van der Waals surface area (Å²) in [7, 11) is 0. The highest BCUT2D eigenvalue weighted by atomic mass is 15.2. The summed E-state index contributed by atoms with van der Waals surface area (Å²) >= 11 is 0. The zero-order valence-electron chi connectivity index (χ0n) is 16.1. The number of nitrogens with zero attached hydrogens (tertiary/aromatic N) is 4. The normalized spacial score (nSPS) is 11.1. The molecule has 4 aromatic rings. The maximum atomic E-state index is 4.59. The molecular weight excluding hydrogens is 344 g/mol. The SMILES string of the molecule is Cc1cccnc1-n1cccc1CN(Cc1ccccc1)Cc1ccncc1. The zero-order valence-corrected chi connectivity index (χ0v) is 16.1. The summed E-state index contributed by atoms with van der Waals surface area (Å²) in [5.74, 6) is 0.992. The molecule has 28 heavy (non-hydrogen) atoms. The van der Waals surface area contributed by atoms with Crippen LogP contribution in [0.1, 0.15) is 22.4 Å². The second-order valence-corrected chi connectivity index (χ2v) is 7.00. The van der Waals surface area contributed by atoms with E-state index in [1.54, 1.807) is 0 Å². The Hall–Kier alpha value is -3.24. The molecular formula is C24H24N4. The molecule has 0 aliphatic rings. The molecule has 0 amide bonds. The fourth-order valence-electron chi connectivity index (χ4n) is 3.47. The fraction of sp³-hybridized carbons (Fsp3) is 0.167. The summed E-state index contributed by atoms with van der Waals surface area (Å²) in [5, 5.41) is 0. The van der Waals surface area contributed by atoms with Crippen LogP contribution in [-0.2, 0) is 19.6 Å². The molecule has 0 radical (unpaired) electrons. The molecule has 0 aliphatic heterocycles. The van der Waals surface area contributed by atoms with Gasteiger partial charge < -0.3 is 4.57 Å². The van der Waals surface area contributed by atoms with Crippen LogP contribution in [0.15, 0.2) is 91.5 Å². The molecule has 140 valence electrons. The second-order valence-electron chi connectivity index (χ2n) is 7.00. The van der Waals surface area contributed by atoms with Gasteiger partial charge in [0.2, 0.25) is 0 Å². The van der Waals surface area contributed by atoms with Gasteiger partial charge in [-0.15, -0.1) is 0 Å². The summed E-state index contributed by atoms with van der Waals surface area (Å²) in [4.78, 5) is 11.2. The Kier molecular flexibility index (Phi) is 5.59. The van der Waals surface area contributed by atoms with Gasteiger partial charge in [-0.05, 0) is 53.9 Å². The Morgan fingerprint density at radius 1 is 0.750 bits per heavy atom. The highest BCUT2D eigenvalue weighted by Crippen LogP contribution is 2.18. The van der Waals surface area contributed by atoms with E-state index in [0.717, 1.165) is 25.5 Å². The maximum Gasteiger partial charge on any atom is 0.139 e. The van der Waals surface area contributed by atoms with E-state index < -0.39 is 0 Å². The number of hydrogen-bond donors (Lipinski definition) is 0. The van der Waals surface area contributed by atoms with Crippen molar-refractivity contribution in [3.05, 3.63) is 114 Å². The summed E-state index contributed by atoms with van der Waals surface area (Å²) in [5.41, 5.74) is 4.97. The molecule has 0 saturated heterocycles. The van der Waals surface area contributed by atoms with E-state index in [0.29, 0.717) is 0 Å². The molecule has 0 saturated carbocycles. The maximum absolute atomic E-state index is 4.59. The van der Waals surface area contributed by atoms with Gasteiger partial charge in [-0.3, -0.25) is 9.88 Å². The smallest absolute Gasteiger partial charge is 0.139 e. The van der Waals surface area contributed by atoms with E-state index in [9.17, 15) is 0 Å². The van der Waals surface area contributed by atoms with Gasteiger partial charge in [0.05, 0.1) is 0 Å². The molecule has 0 aliphatic carbocycles. The second kappa shape index (κ2) is 8.63. The van der Waals surface area contributed by atoms with Crippen LogP contribution in [0.3, 0.4) is 0 Å². The lowest BCUT2D eigenvalue weighted by molar-refractivity contribution is 0.243. The third-order valence-corrected chi connectivity index (χ3v) is 4.83. The molecule has 4 rings (SSSR count). The van der Waals surface area contributed by atoms with Crippen molar-refractivity contribution in [2.75, 3.05) is 0 Å². The lowest BCUT2D eigenvalue weighted by Crippen LogP contribution is -2.24. The third kappa shape index (κ3) is 4.35. The van der Waals surface area contributed by atoms with Gasteiger partial charge in [0, 0.05) is 50.1 Å². The van der Waals surface area contributed by atoms with Crippen molar-refractivity contribution >= 4 is 0 Å². The quantitative estimate of drug-likeness (QED) is 0.471. The first-order chi connectivity index (χ1) is 13.8. The van der Waals surface area contributed by atoms with E-state index in [1.165, 1.54) is 22.4 Å². The van der Waals surface area contributed by atoms with Crippen LogP contribution >= 0.6 is 0 Å². The van der Waals surface area contributed by atoms with Crippen molar-refractivity contribution in [2.45, 2.75) is 26.6 Å². The first-order valence-corrected chi connectivity index (χ1v) is 9.53. The largest absolute Gasteiger partial charge is 0.304 e. The molecule has 3 heterocycles. The van der Waals surface area contributed by atoms with Crippen molar-refractivity contribution in [1.82, 2.24) is 19.4 Å². The standard InChI is InChI=1S/C24H24N4/c1-20-7-5-13-26-24(20)28-16-6-10-23(28)19-27(17-21-8-3-2-4-9-21)18-22-11-14-25-15-12-22/h2-16H,17-19H2,1H3. The highest BCUT2D eigenvalue weighted by Gasteiger charge is 2.13. The molecule has 0 unspecified atom stereocenters. The number of hydrogen-bond acceptors (Lipinski definition) is 3. The molecule has 4 nitrogen and oxygen atoms in total. The lowest BCUT2D eigenvalue weighted by Gasteiger charge is -2.23. The van der Waals surface area contributed by atoms with E-state index in [4.69, 9.17) is 0 Å². The Balaban J connectivity index is 1.61. The minimum absolute atomic E-state index is 0.834. The number of aryl methyl sites for hydroxylation is 1. The van der Waals surface area contributed by atoms with E-state index in [-0.39, 0.29) is 0 Å². The molecule has 0 atom stereocenters. The van der Waals surface area contributed by atoms with Crippen molar-refractivity contribution < 1.29 is 0 Å². The van der Waals surface area contributed by atoms with E-state index in [2.05, 4.69) is 93.2 Å². The van der Waals surface area contributed by atoms with Crippen LogP contribution in [0.2, 0.25) is 0 Å². The van der Waals surface area contributed by atoms with Crippen LogP contribution in [0.4, 0.5) is 0 Å². The number of rotatable bonds is 7. The molecule has 0 N–H and O–H groups in total. The average molecular weight is 368 g/mol. The van der Waals surface area contributed by atoms with Crippen LogP contribution in [0.25, 0.3) is 5.82 Å². The molecule has 3 aromatic heterocycles. The molecule has 1 aromatic carbocycles. The van der Waals surface area contributed by atoms with Gasteiger partial charge in [-0.2, -0.15) is 0 Å². The van der Waals surface area contributed by atoms with Crippen molar-refractivity contribution in [1.29, 1.82) is 0 Å². The average Bonchev–Trinajstić information content (AvgIpc) is 3.18. The van der Waals surface area contributed by atoms with Gasteiger partial charge >= 0.3 is 0 Å². The topological polar surface area (TPSA) is 34.0 Å². The number of benzene rings is 1. The fourth-order valence-corrected chi connectivity index (χ4v) is 3.47. The van der Waals surface area contributed by atoms with Crippen LogP contribution < -0.4 is 0 Å². The number of pyridine rings is 2. The monoisotopic (exact) mass is 368 g/mol. The van der Waals surface area contributed by atoms with Gasteiger partial charge in [0.1, 0.15) is 5.82 Å². The van der Waals surface area contributed by atoms with Gasteiger partial charge in [-0.25, -0.2) is 4.98 Å². The minimum Gasteiger partial charge on any atom is -0.304 e. The Morgan fingerprint density at radius 2 is 1.50 bits per heavy atom. The third-order valence-electron chi connectivity index (χ3n) is 4.83. The molecule has 0 fully saturated rings. The predicted molar refractivity (Wildman–Crippen MR) is 112 cm³/mol. The Morgan fingerprint density at radius 3 is 2.25 bits per heavy atom. The lowest BCUT2D eigenvalue weighted by atomic mass is 10.2. The predicted octanol–water partition coefficient (Wildman–Crippen LogP) is 4.78.